The summed E-state index contributed by atoms with van der Waals surface area (Å²) < 4.78 is 4.11. The molecule has 7 nitrogen and oxygen atoms in total. The Morgan fingerprint density at radius 3 is 2.80 bits per heavy atom. The second kappa shape index (κ2) is 5.97. The third kappa shape index (κ3) is 2.96. The highest BCUT2D eigenvalue weighted by atomic mass is 16.2. The van der Waals surface area contributed by atoms with E-state index in [1.54, 1.807) is 6.20 Å². The zero-order valence-electron chi connectivity index (χ0n) is 15.3. The van der Waals surface area contributed by atoms with Crippen LogP contribution >= 0.6 is 0 Å². The van der Waals surface area contributed by atoms with E-state index in [4.69, 9.17) is 0 Å². The molecule has 2 aromatic heterocycles. The van der Waals surface area contributed by atoms with Gasteiger partial charge in [0, 0.05) is 38.2 Å². The maximum atomic E-state index is 12.9. The van der Waals surface area contributed by atoms with E-state index in [1.165, 1.54) is 0 Å². The molecule has 1 amide bonds. The lowest BCUT2D eigenvalue weighted by molar-refractivity contribution is 0.0703. The maximum absolute atomic E-state index is 12.9. The van der Waals surface area contributed by atoms with Crippen LogP contribution in [-0.4, -0.2) is 48.4 Å². The summed E-state index contributed by atoms with van der Waals surface area (Å²) in [7, 11) is 0. The fourth-order valence-corrected chi connectivity index (χ4v) is 3.83. The zero-order valence-corrected chi connectivity index (χ0v) is 15.3. The standard InChI is InChI=1S/C18H26N6O/c1-18(2,3)24-12-14(10-19-24)17(25)22-8-4-6-13(11-22)16-21-20-15-7-5-9-23(15)16/h10,12-13H,4-9,11H2,1-3H3/t13-/m1/s1. The molecule has 0 saturated carbocycles. The van der Waals surface area contributed by atoms with E-state index in [-0.39, 0.29) is 17.4 Å². The minimum atomic E-state index is -0.120. The van der Waals surface area contributed by atoms with Crippen LogP contribution in [0.3, 0.4) is 0 Å². The lowest BCUT2D eigenvalue weighted by Crippen LogP contribution is -2.39. The number of aryl methyl sites for hydroxylation is 1. The van der Waals surface area contributed by atoms with E-state index in [0.29, 0.717) is 5.56 Å². The first-order valence-electron chi connectivity index (χ1n) is 9.20. The quantitative estimate of drug-likeness (QED) is 0.839. The first-order chi connectivity index (χ1) is 11.9. The molecule has 25 heavy (non-hydrogen) atoms. The summed E-state index contributed by atoms with van der Waals surface area (Å²) in [4.78, 5) is 14.9. The van der Waals surface area contributed by atoms with Crippen LogP contribution in [0.15, 0.2) is 12.4 Å². The largest absolute Gasteiger partial charge is 0.338 e. The fraction of sp³-hybridized carbons (Fsp3) is 0.667. The molecule has 2 aliphatic heterocycles. The van der Waals surface area contributed by atoms with Crippen molar-refractivity contribution in [3.05, 3.63) is 29.6 Å². The summed E-state index contributed by atoms with van der Waals surface area (Å²) in [5.74, 6) is 2.52. The number of aromatic nitrogens is 5. The molecule has 0 aromatic carbocycles. The highest BCUT2D eigenvalue weighted by Gasteiger charge is 2.31. The van der Waals surface area contributed by atoms with E-state index in [1.807, 2.05) is 15.8 Å². The predicted molar refractivity (Wildman–Crippen MR) is 93.4 cm³/mol. The van der Waals surface area contributed by atoms with Crippen molar-refractivity contribution >= 4 is 5.91 Å². The van der Waals surface area contributed by atoms with Crippen molar-refractivity contribution in [3.8, 4) is 0 Å². The van der Waals surface area contributed by atoms with Gasteiger partial charge in [-0.1, -0.05) is 0 Å². The fourth-order valence-electron chi connectivity index (χ4n) is 3.83. The van der Waals surface area contributed by atoms with Crippen LogP contribution in [-0.2, 0) is 18.5 Å². The van der Waals surface area contributed by atoms with E-state index >= 15 is 0 Å². The monoisotopic (exact) mass is 342 g/mol. The number of amides is 1. The van der Waals surface area contributed by atoms with Gasteiger partial charge >= 0.3 is 0 Å². The Labute approximate surface area is 148 Å². The van der Waals surface area contributed by atoms with Gasteiger partial charge in [-0.15, -0.1) is 10.2 Å². The zero-order chi connectivity index (χ0) is 17.6. The normalized spacial score (nSPS) is 20.8. The minimum Gasteiger partial charge on any atom is -0.338 e. The van der Waals surface area contributed by atoms with E-state index in [0.717, 1.165) is 57.0 Å². The molecule has 2 aromatic rings. The van der Waals surface area contributed by atoms with Crippen LogP contribution in [0, 0.1) is 0 Å². The van der Waals surface area contributed by atoms with Gasteiger partial charge in [-0.05, 0) is 40.0 Å². The average Bonchev–Trinajstić information content (AvgIpc) is 3.29. The van der Waals surface area contributed by atoms with Gasteiger partial charge in [0.1, 0.15) is 11.6 Å². The molecule has 0 spiro atoms. The molecule has 4 heterocycles. The molecule has 1 saturated heterocycles. The van der Waals surface area contributed by atoms with Crippen LogP contribution in [0.1, 0.15) is 68.0 Å². The second-order valence-electron chi connectivity index (χ2n) is 8.16. The Morgan fingerprint density at radius 2 is 2.04 bits per heavy atom. The summed E-state index contributed by atoms with van der Waals surface area (Å²) in [6.45, 7) is 8.78. The van der Waals surface area contributed by atoms with Gasteiger partial charge in [0.25, 0.3) is 5.91 Å². The van der Waals surface area contributed by atoms with Gasteiger partial charge < -0.3 is 9.47 Å². The highest BCUT2D eigenvalue weighted by molar-refractivity contribution is 5.93. The van der Waals surface area contributed by atoms with Gasteiger partial charge in [0.2, 0.25) is 0 Å². The number of likely N-dealkylation sites (tertiary alicyclic amines) is 1. The molecule has 134 valence electrons. The lowest BCUT2D eigenvalue weighted by Gasteiger charge is -2.32. The summed E-state index contributed by atoms with van der Waals surface area (Å²) in [6, 6.07) is 0. The van der Waals surface area contributed by atoms with Crippen molar-refractivity contribution in [2.45, 2.75) is 64.5 Å². The Hall–Kier alpha value is -2.18. The minimum absolute atomic E-state index is 0.0707. The molecule has 2 aliphatic rings. The number of piperidine rings is 1. The van der Waals surface area contributed by atoms with Gasteiger partial charge in [0.05, 0.1) is 17.3 Å². The van der Waals surface area contributed by atoms with Crippen LogP contribution in [0.5, 0.6) is 0 Å². The highest BCUT2D eigenvalue weighted by Crippen LogP contribution is 2.29. The number of carbonyl (C=O) groups excluding carboxylic acids is 1. The van der Waals surface area contributed by atoms with Crippen molar-refractivity contribution in [1.82, 2.24) is 29.4 Å². The van der Waals surface area contributed by atoms with E-state index in [9.17, 15) is 4.79 Å². The molecule has 1 fully saturated rings. The molecule has 0 bridgehead atoms. The van der Waals surface area contributed by atoms with E-state index < -0.39 is 0 Å². The number of carbonyl (C=O) groups is 1. The average molecular weight is 342 g/mol. The lowest BCUT2D eigenvalue weighted by atomic mass is 9.96. The van der Waals surface area contributed by atoms with Crippen molar-refractivity contribution in [3.63, 3.8) is 0 Å². The first-order valence-corrected chi connectivity index (χ1v) is 9.20. The molecule has 7 heteroatoms. The van der Waals surface area contributed by atoms with Crippen molar-refractivity contribution < 1.29 is 4.79 Å². The molecular weight excluding hydrogens is 316 g/mol. The number of rotatable bonds is 2. The molecule has 0 aliphatic carbocycles. The van der Waals surface area contributed by atoms with Crippen LogP contribution in [0.4, 0.5) is 0 Å². The van der Waals surface area contributed by atoms with Crippen molar-refractivity contribution in [2.24, 2.45) is 0 Å². The summed E-state index contributed by atoms with van der Waals surface area (Å²) in [6.07, 6.45) is 7.80. The Morgan fingerprint density at radius 1 is 1.20 bits per heavy atom. The number of hydrogen-bond acceptors (Lipinski definition) is 4. The third-order valence-electron chi connectivity index (χ3n) is 5.23. The molecule has 1 atom stereocenters. The van der Waals surface area contributed by atoms with Gasteiger partial charge in [-0.25, -0.2) is 0 Å². The molecule has 0 unspecified atom stereocenters. The van der Waals surface area contributed by atoms with Crippen LogP contribution in [0.25, 0.3) is 0 Å². The van der Waals surface area contributed by atoms with Gasteiger partial charge in [0.15, 0.2) is 0 Å². The number of nitrogens with zero attached hydrogens (tertiary/aromatic N) is 6. The van der Waals surface area contributed by atoms with Gasteiger partial charge in [-0.2, -0.15) is 5.10 Å². The van der Waals surface area contributed by atoms with Crippen LogP contribution < -0.4 is 0 Å². The SMILES string of the molecule is CC(C)(C)n1cc(C(=O)N2CCC[C@@H](c3nnc4n3CCC4)C2)cn1. The maximum Gasteiger partial charge on any atom is 0.257 e. The Bertz CT molecular complexity index is 784. The van der Waals surface area contributed by atoms with Crippen molar-refractivity contribution in [1.29, 1.82) is 0 Å². The molecular formula is C18H26N6O. The smallest absolute Gasteiger partial charge is 0.257 e. The summed E-state index contributed by atoms with van der Waals surface area (Å²) in [5.41, 5.74) is 0.549. The predicted octanol–water partition coefficient (Wildman–Crippen LogP) is 2.20. The number of hydrogen-bond donors (Lipinski definition) is 0. The topological polar surface area (TPSA) is 68.8 Å². The third-order valence-corrected chi connectivity index (χ3v) is 5.23. The molecule has 0 radical (unpaired) electrons. The Kier molecular flexibility index (Phi) is 3.89. The summed E-state index contributed by atoms with van der Waals surface area (Å²) in [5, 5.41) is 13.1. The molecule has 4 rings (SSSR count). The number of fused-ring (bicyclic) bond motifs is 1. The summed E-state index contributed by atoms with van der Waals surface area (Å²) >= 11 is 0. The first kappa shape index (κ1) is 16.3. The van der Waals surface area contributed by atoms with Crippen molar-refractivity contribution in [2.75, 3.05) is 13.1 Å². The Balaban J connectivity index is 1.51. The van der Waals surface area contributed by atoms with E-state index in [2.05, 4.69) is 40.6 Å². The van der Waals surface area contributed by atoms with Crippen LogP contribution in [0.2, 0.25) is 0 Å². The second-order valence-corrected chi connectivity index (χ2v) is 8.16. The molecule has 0 N–H and O–H groups in total. The van der Waals surface area contributed by atoms with Gasteiger partial charge in [-0.3, -0.25) is 9.48 Å².